The summed E-state index contributed by atoms with van der Waals surface area (Å²) in [6, 6.07) is 6.30. The van der Waals surface area contributed by atoms with E-state index in [1.165, 1.54) is 12.1 Å². The number of hydrogen-bond acceptors (Lipinski definition) is 3. The first-order valence-electron chi connectivity index (χ1n) is 9.42. The number of carbonyl (C=O) groups is 2. The summed E-state index contributed by atoms with van der Waals surface area (Å²) in [5, 5.41) is 0. The Morgan fingerprint density at radius 1 is 1.04 bits per heavy atom. The van der Waals surface area contributed by atoms with Gasteiger partial charge < -0.3 is 19.6 Å². The summed E-state index contributed by atoms with van der Waals surface area (Å²) in [5.74, 6) is -0.222. The molecule has 0 aliphatic carbocycles. The minimum Gasteiger partial charge on any atom is -0.337 e. The summed E-state index contributed by atoms with van der Waals surface area (Å²) >= 11 is 0. The Kier molecular flexibility index (Phi) is 7.59. The maximum Gasteiger partial charge on any atom is 0.319 e. The monoisotopic (exact) mass is 378 g/mol. The highest BCUT2D eigenvalue weighted by Gasteiger charge is 2.30. The molecule has 1 aromatic rings. The van der Waals surface area contributed by atoms with Crippen LogP contribution in [0.2, 0.25) is 0 Å². The molecule has 0 saturated carbocycles. The minimum atomic E-state index is -0.275. The molecule has 0 N–H and O–H groups in total. The molecule has 1 aliphatic rings. The average Bonchev–Trinajstić information content (AvgIpc) is 2.65. The summed E-state index contributed by atoms with van der Waals surface area (Å²) in [7, 11) is 7.44. The number of likely N-dealkylation sites (N-methyl/N-ethyl adjacent to an activating group) is 1. The summed E-state index contributed by atoms with van der Waals surface area (Å²) in [6.07, 6.45) is 1.36. The Labute approximate surface area is 161 Å². The van der Waals surface area contributed by atoms with Gasteiger partial charge in [-0.3, -0.25) is 4.79 Å². The first-order chi connectivity index (χ1) is 12.8. The quantitative estimate of drug-likeness (QED) is 0.762. The fraction of sp³-hybridized carbons (Fsp3) is 0.600. The van der Waals surface area contributed by atoms with Crippen molar-refractivity contribution in [1.29, 1.82) is 0 Å². The second-order valence-electron chi connectivity index (χ2n) is 7.63. The summed E-state index contributed by atoms with van der Waals surface area (Å²) in [5.41, 5.74) is 0.920. The molecule has 1 aromatic carbocycles. The SMILES string of the molecule is CN(C)CCN(Cc1ccc(F)cc1)C(=O)C1CCN(C(=O)N(C)C)CC1. The molecular formula is C20H31FN4O2. The number of carbonyl (C=O) groups excluding carboxylic acids is 2. The van der Waals surface area contributed by atoms with Gasteiger partial charge in [-0.2, -0.15) is 0 Å². The third-order valence-electron chi connectivity index (χ3n) is 4.91. The molecule has 2 rings (SSSR count). The number of halogens is 1. The minimum absolute atomic E-state index is 0.00308. The predicted octanol–water partition coefficient (Wildman–Crippen LogP) is 2.11. The molecule has 0 aromatic heterocycles. The van der Waals surface area contributed by atoms with Crippen LogP contribution in [0.5, 0.6) is 0 Å². The highest BCUT2D eigenvalue weighted by molar-refractivity contribution is 5.80. The van der Waals surface area contributed by atoms with Crippen molar-refractivity contribution >= 4 is 11.9 Å². The molecule has 1 aliphatic heterocycles. The van der Waals surface area contributed by atoms with Gasteiger partial charge in [-0.25, -0.2) is 9.18 Å². The van der Waals surface area contributed by atoms with Gasteiger partial charge in [0.2, 0.25) is 5.91 Å². The predicted molar refractivity (Wildman–Crippen MR) is 104 cm³/mol. The van der Waals surface area contributed by atoms with Gasteiger partial charge in [0.1, 0.15) is 5.82 Å². The topological polar surface area (TPSA) is 47.1 Å². The molecule has 0 radical (unpaired) electrons. The van der Waals surface area contributed by atoms with E-state index in [1.54, 1.807) is 36.0 Å². The van der Waals surface area contributed by atoms with Crippen molar-refractivity contribution < 1.29 is 14.0 Å². The third-order valence-corrected chi connectivity index (χ3v) is 4.91. The van der Waals surface area contributed by atoms with E-state index in [1.807, 2.05) is 23.9 Å². The number of likely N-dealkylation sites (tertiary alicyclic amines) is 1. The van der Waals surface area contributed by atoms with Crippen molar-refractivity contribution in [1.82, 2.24) is 19.6 Å². The highest BCUT2D eigenvalue weighted by Crippen LogP contribution is 2.21. The molecule has 6 nitrogen and oxygen atoms in total. The van der Waals surface area contributed by atoms with E-state index in [0.717, 1.165) is 12.1 Å². The van der Waals surface area contributed by atoms with Crippen molar-refractivity contribution in [2.24, 2.45) is 5.92 Å². The largest absolute Gasteiger partial charge is 0.337 e. The van der Waals surface area contributed by atoms with Crippen molar-refractivity contribution in [3.8, 4) is 0 Å². The Bertz CT molecular complexity index is 625. The maximum absolute atomic E-state index is 13.2. The fourth-order valence-corrected chi connectivity index (χ4v) is 3.26. The summed E-state index contributed by atoms with van der Waals surface area (Å²) < 4.78 is 13.2. The maximum atomic E-state index is 13.2. The Morgan fingerprint density at radius 3 is 2.15 bits per heavy atom. The number of amides is 3. The Balaban J connectivity index is 2.00. The second-order valence-corrected chi connectivity index (χ2v) is 7.63. The lowest BCUT2D eigenvalue weighted by atomic mass is 9.95. The molecule has 150 valence electrons. The summed E-state index contributed by atoms with van der Waals surface area (Å²) in [6.45, 7) is 3.08. The molecule has 1 saturated heterocycles. The van der Waals surface area contributed by atoms with Crippen LogP contribution in [0.25, 0.3) is 0 Å². The van der Waals surface area contributed by atoms with Crippen molar-refractivity contribution in [2.75, 3.05) is 54.4 Å². The van der Waals surface area contributed by atoms with Gasteiger partial charge in [0.05, 0.1) is 0 Å². The van der Waals surface area contributed by atoms with Crippen LogP contribution in [0, 0.1) is 11.7 Å². The van der Waals surface area contributed by atoms with E-state index in [0.29, 0.717) is 39.0 Å². The zero-order valence-corrected chi connectivity index (χ0v) is 16.8. The molecular weight excluding hydrogens is 347 g/mol. The number of piperidine rings is 1. The lowest BCUT2D eigenvalue weighted by molar-refractivity contribution is -0.137. The van der Waals surface area contributed by atoms with Crippen LogP contribution in [-0.4, -0.2) is 85.9 Å². The van der Waals surface area contributed by atoms with E-state index in [-0.39, 0.29) is 23.7 Å². The Hall–Kier alpha value is -2.15. The molecule has 0 atom stereocenters. The molecule has 1 heterocycles. The summed E-state index contributed by atoms with van der Waals surface area (Å²) in [4.78, 5) is 32.5. The van der Waals surface area contributed by atoms with E-state index >= 15 is 0 Å². The lowest BCUT2D eigenvalue weighted by Crippen LogP contribution is -2.47. The van der Waals surface area contributed by atoms with Crippen LogP contribution in [0.3, 0.4) is 0 Å². The first-order valence-corrected chi connectivity index (χ1v) is 9.42. The molecule has 3 amide bonds. The number of hydrogen-bond donors (Lipinski definition) is 0. The van der Waals surface area contributed by atoms with E-state index in [4.69, 9.17) is 0 Å². The van der Waals surface area contributed by atoms with Crippen LogP contribution in [0.1, 0.15) is 18.4 Å². The van der Waals surface area contributed by atoms with Gasteiger partial charge in [-0.05, 0) is 44.6 Å². The molecule has 0 bridgehead atoms. The van der Waals surface area contributed by atoms with Crippen molar-refractivity contribution in [2.45, 2.75) is 19.4 Å². The molecule has 1 fully saturated rings. The second kappa shape index (κ2) is 9.69. The van der Waals surface area contributed by atoms with E-state index in [2.05, 4.69) is 0 Å². The smallest absolute Gasteiger partial charge is 0.319 e. The first kappa shape index (κ1) is 21.2. The molecule has 0 spiro atoms. The lowest BCUT2D eigenvalue weighted by Gasteiger charge is -2.35. The Morgan fingerprint density at radius 2 is 1.63 bits per heavy atom. The highest BCUT2D eigenvalue weighted by atomic mass is 19.1. The van der Waals surface area contributed by atoms with Gasteiger partial charge in [-0.1, -0.05) is 12.1 Å². The van der Waals surface area contributed by atoms with Crippen LogP contribution >= 0.6 is 0 Å². The van der Waals surface area contributed by atoms with Crippen LogP contribution in [-0.2, 0) is 11.3 Å². The van der Waals surface area contributed by atoms with E-state index < -0.39 is 0 Å². The van der Waals surface area contributed by atoms with Gasteiger partial charge in [-0.15, -0.1) is 0 Å². The number of urea groups is 1. The standard InChI is InChI=1S/C20H31FN4O2/c1-22(2)13-14-25(15-16-5-7-18(21)8-6-16)19(26)17-9-11-24(12-10-17)20(27)23(3)4/h5-8,17H,9-15H2,1-4H3. The van der Waals surface area contributed by atoms with Crippen LogP contribution in [0.15, 0.2) is 24.3 Å². The molecule has 7 heteroatoms. The zero-order chi connectivity index (χ0) is 20.0. The average molecular weight is 378 g/mol. The van der Waals surface area contributed by atoms with Crippen LogP contribution < -0.4 is 0 Å². The number of benzene rings is 1. The fourth-order valence-electron chi connectivity index (χ4n) is 3.26. The molecule has 27 heavy (non-hydrogen) atoms. The third kappa shape index (κ3) is 6.20. The zero-order valence-electron chi connectivity index (χ0n) is 16.8. The number of nitrogens with zero attached hydrogens (tertiary/aromatic N) is 4. The van der Waals surface area contributed by atoms with Crippen LogP contribution in [0.4, 0.5) is 9.18 Å². The molecule has 0 unspecified atom stereocenters. The number of rotatable bonds is 6. The van der Waals surface area contributed by atoms with Gasteiger partial charge in [0.25, 0.3) is 0 Å². The van der Waals surface area contributed by atoms with Crippen molar-refractivity contribution in [3.05, 3.63) is 35.6 Å². The normalized spacial score (nSPS) is 15.1. The van der Waals surface area contributed by atoms with Crippen molar-refractivity contribution in [3.63, 3.8) is 0 Å². The van der Waals surface area contributed by atoms with E-state index in [9.17, 15) is 14.0 Å². The van der Waals surface area contributed by atoms with Gasteiger partial charge in [0, 0.05) is 52.7 Å². The van der Waals surface area contributed by atoms with Gasteiger partial charge in [0.15, 0.2) is 0 Å². The van der Waals surface area contributed by atoms with Gasteiger partial charge >= 0.3 is 6.03 Å².